The van der Waals surface area contributed by atoms with E-state index in [0.29, 0.717) is 27.2 Å². The quantitative estimate of drug-likeness (QED) is 0.644. The predicted molar refractivity (Wildman–Crippen MR) is 84.4 cm³/mol. The Morgan fingerprint density at radius 3 is 2.90 bits per heavy atom. The van der Waals surface area contributed by atoms with Crippen LogP contribution in [0.5, 0.6) is 0 Å². The fraction of sp³-hybridized carbons (Fsp3) is 0.467. The molecule has 1 heterocycles. The third kappa shape index (κ3) is 2.33. The average Bonchev–Trinajstić information content (AvgIpc) is 2.41. The van der Waals surface area contributed by atoms with Crippen LogP contribution in [0.15, 0.2) is 29.0 Å². The largest absolute Gasteiger partial charge is 0.260 e. The topological polar surface area (TPSA) is 37.3 Å². The number of anilines is 1. The highest BCUT2D eigenvalue weighted by molar-refractivity contribution is 6.35. The minimum Gasteiger partial charge on any atom is -0.260 e. The summed E-state index contributed by atoms with van der Waals surface area (Å²) < 4.78 is 0. The highest BCUT2D eigenvalue weighted by Crippen LogP contribution is 2.58. The van der Waals surface area contributed by atoms with Gasteiger partial charge in [0.05, 0.1) is 16.3 Å². The second-order valence-electron chi connectivity index (χ2n) is 6.10. The lowest BCUT2D eigenvalue weighted by Gasteiger charge is -2.55. The highest BCUT2D eigenvalue weighted by atomic mass is 35.5. The van der Waals surface area contributed by atoms with E-state index < -0.39 is 0 Å². The van der Waals surface area contributed by atoms with E-state index in [2.05, 4.69) is 35.4 Å². The monoisotopic (exact) mass is 309 g/mol. The van der Waals surface area contributed by atoms with Crippen LogP contribution in [0.25, 0.3) is 0 Å². The molecule has 1 aromatic heterocycles. The Morgan fingerprint density at radius 1 is 1.45 bits per heavy atom. The first kappa shape index (κ1) is 13.9. The van der Waals surface area contributed by atoms with Crippen LogP contribution in [0.2, 0.25) is 10.0 Å². The van der Waals surface area contributed by atoms with Crippen LogP contribution in [-0.4, -0.2) is 11.2 Å². The lowest BCUT2D eigenvalue weighted by Crippen LogP contribution is -2.48. The maximum Gasteiger partial charge on any atom is 0.165 e. The van der Waals surface area contributed by atoms with Gasteiger partial charge in [-0.3, -0.25) is 5.43 Å². The zero-order chi connectivity index (χ0) is 14.3. The number of halogens is 2. The van der Waals surface area contributed by atoms with Crippen LogP contribution < -0.4 is 5.43 Å². The molecule has 3 nitrogen and oxygen atoms in total. The molecule has 3 aliphatic rings. The van der Waals surface area contributed by atoms with Crippen molar-refractivity contribution in [3.05, 3.63) is 34.0 Å². The molecule has 106 valence electrons. The summed E-state index contributed by atoms with van der Waals surface area (Å²) in [5.41, 5.74) is 4.60. The van der Waals surface area contributed by atoms with Gasteiger partial charge in [0.15, 0.2) is 5.82 Å². The van der Waals surface area contributed by atoms with Gasteiger partial charge in [0.2, 0.25) is 0 Å². The molecule has 2 unspecified atom stereocenters. The van der Waals surface area contributed by atoms with Crippen molar-refractivity contribution in [3.63, 3.8) is 0 Å². The van der Waals surface area contributed by atoms with Gasteiger partial charge in [0.25, 0.3) is 0 Å². The summed E-state index contributed by atoms with van der Waals surface area (Å²) in [7, 11) is 0. The second-order valence-corrected chi connectivity index (χ2v) is 6.94. The smallest absolute Gasteiger partial charge is 0.165 e. The summed E-state index contributed by atoms with van der Waals surface area (Å²) >= 11 is 11.8. The zero-order valence-corrected chi connectivity index (χ0v) is 13.0. The van der Waals surface area contributed by atoms with E-state index in [1.165, 1.54) is 12.0 Å². The number of nitrogens with zero attached hydrogens (tertiary/aromatic N) is 2. The Kier molecular flexibility index (Phi) is 3.51. The van der Waals surface area contributed by atoms with E-state index in [4.69, 9.17) is 23.2 Å². The lowest BCUT2D eigenvalue weighted by atomic mass is 9.49. The Morgan fingerprint density at radius 2 is 2.25 bits per heavy atom. The zero-order valence-electron chi connectivity index (χ0n) is 11.5. The molecule has 0 amide bonds. The molecule has 3 aliphatic carbocycles. The molecule has 20 heavy (non-hydrogen) atoms. The number of fused-ring (bicyclic) bond motifs is 1. The molecular formula is C15H17Cl2N3. The maximum absolute atomic E-state index is 6.03. The molecule has 2 bridgehead atoms. The molecule has 1 fully saturated rings. The van der Waals surface area contributed by atoms with Crippen molar-refractivity contribution in [1.29, 1.82) is 0 Å². The van der Waals surface area contributed by atoms with Crippen molar-refractivity contribution < 1.29 is 0 Å². The van der Waals surface area contributed by atoms with Gasteiger partial charge in [-0.1, -0.05) is 43.1 Å². The van der Waals surface area contributed by atoms with E-state index in [9.17, 15) is 0 Å². The number of hydrazone groups is 1. The van der Waals surface area contributed by atoms with Crippen LogP contribution in [0.3, 0.4) is 0 Å². The third-order valence-corrected chi connectivity index (χ3v) is 5.20. The molecule has 0 spiro atoms. The van der Waals surface area contributed by atoms with Crippen LogP contribution in [0.4, 0.5) is 5.82 Å². The third-order valence-electron chi connectivity index (χ3n) is 4.70. The molecule has 0 aliphatic heterocycles. The van der Waals surface area contributed by atoms with Gasteiger partial charge in [-0.25, -0.2) is 4.98 Å². The highest BCUT2D eigenvalue weighted by Gasteiger charge is 2.50. The summed E-state index contributed by atoms with van der Waals surface area (Å²) in [6.07, 6.45) is 8.18. The van der Waals surface area contributed by atoms with Crippen LogP contribution in [0.1, 0.15) is 26.7 Å². The second kappa shape index (κ2) is 5.05. The predicted octanol–water partition coefficient (Wildman–Crippen LogP) is 4.78. The number of rotatable bonds is 3. The number of aromatic nitrogens is 1. The standard InChI is InChI=1S/C15H17Cl2N3/c1-15(2)10-4-3-9(12(15)5-10)7-19-20-14-13(17)6-11(16)8-18-14/h3,6-8,10,12H,4-5H2,1-2H3,(H,18,20)/b19-7+. The molecule has 5 heteroatoms. The van der Waals surface area contributed by atoms with Crippen molar-refractivity contribution >= 4 is 35.2 Å². The summed E-state index contributed by atoms with van der Waals surface area (Å²) in [5, 5.41) is 5.25. The normalized spacial score (nSPS) is 27.1. The maximum atomic E-state index is 6.03. The minimum atomic E-state index is 0.409. The van der Waals surface area contributed by atoms with Crippen molar-refractivity contribution in [2.24, 2.45) is 22.4 Å². The number of nitrogens with one attached hydrogen (secondary N) is 1. The first-order valence-corrected chi connectivity index (χ1v) is 7.54. The fourth-order valence-electron chi connectivity index (χ4n) is 3.21. The van der Waals surface area contributed by atoms with Crippen LogP contribution in [-0.2, 0) is 0 Å². The first-order chi connectivity index (χ1) is 9.48. The average molecular weight is 310 g/mol. The number of allylic oxidation sites excluding steroid dienone is 2. The van der Waals surface area contributed by atoms with Gasteiger partial charge in [-0.05, 0) is 41.7 Å². The van der Waals surface area contributed by atoms with E-state index >= 15 is 0 Å². The Bertz CT molecular complexity index is 593. The summed E-state index contributed by atoms with van der Waals surface area (Å²) in [4.78, 5) is 4.11. The van der Waals surface area contributed by atoms with Crippen LogP contribution in [0, 0.1) is 17.3 Å². The van der Waals surface area contributed by atoms with E-state index in [1.807, 2.05) is 6.21 Å². The van der Waals surface area contributed by atoms with E-state index in [1.54, 1.807) is 12.3 Å². The van der Waals surface area contributed by atoms with Gasteiger partial charge in [-0.15, -0.1) is 0 Å². The summed E-state index contributed by atoms with van der Waals surface area (Å²) in [5.74, 6) is 1.99. The van der Waals surface area contributed by atoms with Crippen molar-refractivity contribution in [3.8, 4) is 0 Å². The lowest BCUT2D eigenvalue weighted by molar-refractivity contribution is -0.00124. The molecule has 0 aromatic carbocycles. The van der Waals surface area contributed by atoms with Gasteiger partial charge in [0.1, 0.15) is 0 Å². The van der Waals surface area contributed by atoms with Crippen molar-refractivity contribution in [1.82, 2.24) is 4.98 Å². The molecule has 1 N–H and O–H groups in total. The summed E-state index contributed by atoms with van der Waals surface area (Å²) in [6, 6.07) is 1.65. The van der Waals surface area contributed by atoms with Gasteiger partial charge in [0, 0.05) is 6.20 Å². The molecule has 2 atom stereocenters. The van der Waals surface area contributed by atoms with Crippen molar-refractivity contribution in [2.45, 2.75) is 26.7 Å². The molecule has 4 rings (SSSR count). The molecule has 0 radical (unpaired) electrons. The Labute approximate surface area is 129 Å². The van der Waals surface area contributed by atoms with Crippen LogP contribution >= 0.6 is 23.2 Å². The van der Waals surface area contributed by atoms with Gasteiger partial charge in [-0.2, -0.15) is 5.10 Å². The van der Waals surface area contributed by atoms with Crippen molar-refractivity contribution in [2.75, 3.05) is 5.43 Å². The fourth-order valence-corrected chi connectivity index (χ4v) is 3.63. The van der Waals surface area contributed by atoms with E-state index in [0.717, 1.165) is 12.3 Å². The number of hydrogen-bond acceptors (Lipinski definition) is 3. The summed E-state index contributed by atoms with van der Waals surface area (Å²) in [6.45, 7) is 4.69. The molecule has 1 saturated carbocycles. The molecule has 1 aromatic rings. The minimum absolute atomic E-state index is 0.409. The number of hydrogen-bond donors (Lipinski definition) is 1. The van der Waals surface area contributed by atoms with E-state index in [-0.39, 0.29) is 0 Å². The molecular weight excluding hydrogens is 293 g/mol. The Hall–Kier alpha value is -1.06. The molecule has 0 saturated heterocycles. The van der Waals surface area contributed by atoms with Gasteiger partial charge >= 0.3 is 0 Å². The number of pyridine rings is 1. The Balaban J connectivity index is 1.68. The first-order valence-electron chi connectivity index (χ1n) is 6.78. The van der Waals surface area contributed by atoms with Gasteiger partial charge < -0.3 is 0 Å². The SMILES string of the molecule is CC1(C)C2CC=C(/C=N/Nc3ncc(Cl)cc3Cl)C1C2.